The highest BCUT2D eigenvalue weighted by atomic mass is 16.4. The lowest BCUT2D eigenvalue weighted by Crippen LogP contribution is -2.40. The Hall–Kier alpha value is -2.24. The highest BCUT2D eigenvalue weighted by Crippen LogP contribution is 2.26. The first-order valence-electron chi connectivity index (χ1n) is 6.03. The molecule has 1 aromatic carbocycles. The van der Waals surface area contributed by atoms with Gasteiger partial charge in [0.1, 0.15) is 11.5 Å². The summed E-state index contributed by atoms with van der Waals surface area (Å²) in [6.45, 7) is 0.715. The molecule has 0 aromatic heterocycles. The van der Waals surface area contributed by atoms with Crippen LogP contribution in [-0.4, -0.2) is 45.2 Å². The molecule has 6 nitrogen and oxygen atoms in total. The van der Waals surface area contributed by atoms with Crippen molar-refractivity contribution in [1.29, 1.82) is 0 Å². The van der Waals surface area contributed by atoms with Crippen molar-refractivity contribution in [3.8, 4) is 11.5 Å². The average molecular weight is 265 g/mol. The molecule has 102 valence electrons. The second kappa shape index (κ2) is 5.17. The number of phenolic OH excluding ortho intramolecular Hbond substituents is 2. The van der Waals surface area contributed by atoms with Crippen LogP contribution in [0, 0.1) is 5.92 Å². The van der Waals surface area contributed by atoms with E-state index in [-0.39, 0.29) is 23.0 Å². The Morgan fingerprint density at radius 1 is 1.16 bits per heavy atom. The van der Waals surface area contributed by atoms with E-state index in [9.17, 15) is 19.8 Å². The fraction of sp³-hybridized carbons (Fsp3) is 0.385. The maximum Gasteiger partial charge on any atom is 0.306 e. The van der Waals surface area contributed by atoms with Gasteiger partial charge in [-0.05, 0) is 25.0 Å². The minimum absolute atomic E-state index is 0.112. The van der Waals surface area contributed by atoms with Crippen LogP contribution in [-0.2, 0) is 4.79 Å². The molecular formula is C13H15NO5. The molecule has 1 fully saturated rings. The Balaban J connectivity index is 2.07. The number of rotatable bonds is 2. The third-order valence-electron chi connectivity index (χ3n) is 3.34. The molecule has 19 heavy (non-hydrogen) atoms. The predicted molar refractivity (Wildman–Crippen MR) is 66.0 cm³/mol. The molecule has 1 aromatic rings. The van der Waals surface area contributed by atoms with Gasteiger partial charge in [-0.3, -0.25) is 9.59 Å². The summed E-state index contributed by atoms with van der Waals surface area (Å²) in [5.74, 6) is -1.97. The van der Waals surface area contributed by atoms with Crippen molar-refractivity contribution in [3.05, 3.63) is 23.8 Å². The Morgan fingerprint density at radius 3 is 2.32 bits per heavy atom. The molecule has 0 unspecified atom stereocenters. The zero-order valence-corrected chi connectivity index (χ0v) is 10.2. The number of aromatic hydroxyl groups is 2. The van der Waals surface area contributed by atoms with Crippen LogP contribution in [0.1, 0.15) is 23.2 Å². The number of carbonyl (C=O) groups is 2. The number of aliphatic carboxylic acids is 1. The van der Waals surface area contributed by atoms with Gasteiger partial charge in [0.25, 0.3) is 5.91 Å². The summed E-state index contributed by atoms with van der Waals surface area (Å²) < 4.78 is 0. The summed E-state index contributed by atoms with van der Waals surface area (Å²) in [7, 11) is 0. The molecule has 1 aliphatic rings. The number of amides is 1. The van der Waals surface area contributed by atoms with Gasteiger partial charge < -0.3 is 20.2 Å². The second-order valence-corrected chi connectivity index (χ2v) is 4.61. The van der Waals surface area contributed by atoms with Gasteiger partial charge in [0.15, 0.2) is 0 Å². The van der Waals surface area contributed by atoms with Gasteiger partial charge in [0.2, 0.25) is 0 Å². The molecule has 6 heteroatoms. The van der Waals surface area contributed by atoms with Crippen LogP contribution >= 0.6 is 0 Å². The lowest BCUT2D eigenvalue weighted by molar-refractivity contribution is -0.143. The number of carboxylic acids is 1. The number of likely N-dealkylation sites (tertiary alicyclic amines) is 1. The van der Waals surface area contributed by atoms with E-state index < -0.39 is 11.9 Å². The third kappa shape index (κ3) is 2.78. The minimum atomic E-state index is -0.834. The summed E-state index contributed by atoms with van der Waals surface area (Å²) in [6.07, 6.45) is 0.833. The first-order chi connectivity index (χ1) is 8.99. The maximum atomic E-state index is 12.1. The van der Waals surface area contributed by atoms with Crippen LogP contribution in [0.4, 0.5) is 0 Å². The van der Waals surface area contributed by atoms with Crippen LogP contribution in [0.25, 0.3) is 0 Å². The van der Waals surface area contributed by atoms with E-state index in [1.807, 2.05) is 0 Å². The largest absolute Gasteiger partial charge is 0.508 e. The third-order valence-corrected chi connectivity index (χ3v) is 3.34. The first kappa shape index (κ1) is 13.2. The molecule has 0 atom stereocenters. The van der Waals surface area contributed by atoms with E-state index in [0.29, 0.717) is 25.9 Å². The normalized spacial score (nSPS) is 16.3. The molecule has 0 saturated carbocycles. The van der Waals surface area contributed by atoms with Gasteiger partial charge in [-0.25, -0.2) is 0 Å². The standard InChI is InChI=1S/C13H15NO5/c15-9-1-2-10(11(16)7-9)12(17)14-5-3-8(4-6-14)13(18)19/h1-2,7-8,15-16H,3-6H2,(H,18,19). The number of carbonyl (C=O) groups excluding carboxylic acids is 1. The number of carboxylic acid groups (broad SMARTS) is 1. The monoisotopic (exact) mass is 265 g/mol. The maximum absolute atomic E-state index is 12.1. The van der Waals surface area contributed by atoms with Crippen molar-refractivity contribution < 1.29 is 24.9 Å². The van der Waals surface area contributed by atoms with E-state index in [2.05, 4.69) is 0 Å². The Bertz CT molecular complexity index is 506. The van der Waals surface area contributed by atoms with Crippen molar-refractivity contribution in [1.82, 2.24) is 4.90 Å². The Kier molecular flexibility index (Phi) is 3.59. The van der Waals surface area contributed by atoms with Gasteiger partial charge in [-0.2, -0.15) is 0 Å². The van der Waals surface area contributed by atoms with Crippen molar-refractivity contribution in [2.45, 2.75) is 12.8 Å². The molecule has 0 radical (unpaired) electrons. The fourth-order valence-corrected chi connectivity index (χ4v) is 2.20. The molecule has 1 heterocycles. The zero-order chi connectivity index (χ0) is 14.0. The van der Waals surface area contributed by atoms with Crippen molar-refractivity contribution in [3.63, 3.8) is 0 Å². The molecular weight excluding hydrogens is 250 g/mol. The zero-order valence-electron chi connectivity index (χ0n) is 10.2. The molecule has 0 aliphatic carbocycles. The van der Waals surface area contributed by atoms with Crippen molar-refractivity contribution in [2.75, 3.05) is 13.1 Å². The molecule has 1 aliphatic heterocycles. The highest BCUT2D eigenvalue weighted by molar-refractivity contribution is 5.97. The molecule has 3 N–H and O–H groups in total. The molecule has 0 bridgehead atoms. The molecule has 2 rings (SSSR count). The van der Waals surface area contributed by atoms with Crippen LogP contribution in [0.5, 0.6) is 11.5 Å². The Labute approximate surface area is 109 Å². The van der Waals surface area contributed by atoms with E-state index >= 15 is 0 Å². The smallest absolute Gasteiger partial charge is 0.306 e. The SMILES string of the molecule is O=C(O)C1CCN(C(=O)c2ccc(O)cc2O)CC1. The quantitative estimate of drug-likeness (QED) is 0.742. The lowest BCUT2D eigenvalue weighted by atomic mass is 9.96. The number of hydrogen-bond acceptors (Lipinski definition) is 4. The van der Waals surface area contributed by atoms with Gasteiger partial charge in [0, 0.05) is 19.2 Å². The molecule has 1 saturated heterocycles. The number of benzene rings is 1. The number of nitrogens with zero attached hydrogens (tertiary/aromatic N) is 1. The Morgan fingerprint density at radius 2 is 1.79 bits per heavy atom. The van der Waals surface area contributed by atoms with E-state index in [0.717, 1.165) is 6.07 Å². The fourth-order valence-electron chi connectivity index (χ4n) is 2.20. The summed E-state index contributed by atoms with van der Waals surface area (Å²) in [4.78, 5) is 24.5. The van der Waals surface area contributed by atoms with Gasteiger partial charge >= 0.3 is 5.97 Å². The van der Waals surface area contributed by atoms with E-state index in [1.54, 1.807) is 0 Å². The van der Waals surface area contributed by atoms with Crippen LogP contribution < -0.4 is 0 Å². The van der Waals surface area contributed by atoms with Crippen LogP contribution in [0.15, 0.2) is 18.2 Å². The average Bonchev–Trinajstić information content (AvgIpc) is 2.38. The number of phenols is 2. The second-order valence-electron chi connectivity index (χ2n) is 4.61. The van der Waals surface area contributed by atoms with E-state index in [1.165, 1.54) is 17.0 Å². The number of hydrogen-bond donors (Lipinski definition) is 3. The predicted octanol–water partition coefficient (Wildman–Crippen LogP) is 1.03. The first-order valence-corrected chi connectivity index (χ1v) is 6.03. The van der Waals surface area contributed by atoms with Gasteiger partial charge in [0.05, 0.1) is 11.5 Å². The lowest BCUT2D eigenvalue weighted by Gasteiger charge is -2.30. The van der Waals surface area contributed by atoms with E-state index in [4.69, 9.17) is 5.11 Å². The summed E-state index contributed by atoms with van der Waals surface area (Å²) in [5.41, 5.74) is 0.117. The van der Waals surface area contributed by atoms with Gasteiger partial charge in [-0.1, -0.05) is 0 Å². The highest BCUT2D eigenvalue weighted by Gasteiger charge is 2.28. The minimum Gasteiger partial charge on any atom is -0.508 e. The molecule has 1 amide bonds. The molecule has 0 spiro atoms. The topological polar surface area (TPSA) is 98.1 Å². The van der Waals surface area contributed by atoms with Crippen molar-refractivity contribution >= 4 is 11.9 Å². The van der Waals surface area contributed by atoms with Crippen molar-refractivity contribution in [2.24, 2.45) is 5.92 Å². The van der Waals surface area contributed by atoms with Gasteiger partial charge in [-0.15, -0.1) is 0 Å². The van der Waals surface area contributed by atoms with Crippen LogP contribution in [0.2, 0.25) is 0 Å². The summed E-state index contributed by atoms with van der Waals surface area (Å²) >= 11 is 0. The number of piperidine rings is 1. The summed E-state index contributed by atoms with van der Waals surface area (Å²) in [6, 6.07) is 3.80. The van der Waals surface area contributed by atoms with Crippen LogP contribution in [0.3, 0.4) is 0 Å². The summed E-state index contributed by atoms with van der Waals surface area (Å²) in [5, 5.41) is 27.7.